The first-order valence-electron chi connectivity index (χ1n) is 8.29. The molecule has 1 aromatic heterocycles. The van der Waals surface area contributed by atoms with E-state index in [4.69, 9.17) is 4.74 Å². The molecule has 0 unspecified atom stereocenters. The molecular weight excluding hydrogens is 487 g/mol. The molecule has 0 saturated heterocycles. The Bertz CT molecular complexity index is 700. The highest BCUT2D eigenvalue weighted by Crippen LogP contribution is 2.26. The van der Waals surface area contributed by atoms with Gasteiger partial charge in [-0.25, -0.2) is 0 Å². The summed E-state index contributed by atoms with van der Waals surface area (Å²) in [6.07, 6.45) is 0.834. The second-order valence-electron chi connectivity index (χ2n) is 5.36. The quantitative estimate of drug-likeness (QED) is 0.293. The largest absolute Gasteiger partial charge is 0.493 e. The minimum atomic E-state index is -2.90. The monoisotopic (exact) mass is 511 g/mol. The molecule has 5 nitrogen and oxygen atoms in total. The van der Waals surface area contributed by atoms with Crippen LogP contribution in [0.15, 0.2) is 40.7 Å². The Morgan fingerprint density at radius 2 is 2.00 bits per heavy atom. The molecule has 0 radical (unpaired) electrons. The summed E-state index contributed by atoms with van der Waals surface area (Å²) in [5, 5.41) is 8.28. The van der Waals surface area contributed by atoms with Crippen molar-refractivity contribution in [3.63, 3.8) is 0 Å². The van der Waals surface area contributed by atoms with Crippen molar-refractivity contribution >= 4 is 41.3 Å². The van der Waals surface area contributed by atoms with Gasteiger partial charge in [-0.1, -0.05) is 13.0 Å². The first kappa shape index (κ1) is 23.4. The van der Waals surface area contributed by atoms with Crippen molar-refractivity contribution in [2.45, 2.75) is 33.0 Å². The second-order valence-corrected chi connectivity index (χ2v) is 6.39. The molecular formula is C18H24F2IN3O2S. The Balaban J connectivity index is 0.00000364. The number of benzene rings is 1. The van der Waals surface area contributed by atoms with E-state index in [1.54, 1.807) is 30.5 Å². The van der Waals surface area contributed by atoms with E-state index in [0.29, 0.717) is 37.0 Å². The van der Waals surface area contributed by atoms with Crippen LogP contribution in [0.3, 0.4) is 0 Å². The molecule has 0 aliphatic carbocycles. The lowest BCUT2D eigenvalue weighted by molar-refractivity contribution is -0.0505. The Morgan fingerprint density at radius 3 is 2.63 bits per heavy atom. The highest BCUT2D eigenvalue weighted by atomic mass is 127. The predicted molar refractivity (Wildman–Crippen MR) is 116 cm³/mol. The number of alkyl halides is 2. The average Bonchev–Trinajstić information content (AvgIpc) is 3.14. The van der Waals surface area contributed by atoms with E-state index in [0.717, 1.165) is 6.42 Å². The fraction of sp³-hybridized carbons (Fsp3) is 0.389. The zero-order valence-corrected chi connectivity index (χ0v) is 18.4. The third-order valence-electron chi connectivity index (χ3n) is 3.41. The molecule has 0 atom stereocenters. The van der Waals surface area contributed by atoms with Crippen molar-refractivity contribution in [3.8, 4) is 11.5 Å². The molecule has 2 aromatic rings. The van der Waals surface area contributed by atoms with Crippen LogP contribution in [0.25, 0.3) is 0 Å². The molecule has 0 saturated carbocycles. The van der Waals surface area contributed by atoms with E-state index in [9.17, 15) is 8.78 Å². The fourth-order valence-electron chi connectivity index (χ4n) is 2.18. The Hall–Kier alpha value is -1.62. The standard InChI is InChI=1S/C18H23F2N3O2S.HI/c1-3-8-24-14-7-6-13(16(10-14)25-17(19)20)11-22-18(21-2)23-12-15-5-4-9-26-15;/h4-7,9-10,17H,3,8,11-12H2,1-2H3,(H2,21,22,23);1H. The lowest BCUT2D eigenvalue weighted by atomic mass is 10.2. The number of nitrogens with one attached hydrogen (secondary N) is 2. The van der Waals surface area contributed by atoms with E-state index in [1.807, 2.05) is 24.4 Å². The predicted octanol–water partition coefficient (Wildman–Crippen LogP) is 4.62. The van der Waals surface area contributed by atoms with E-state index in [1.165, 1.54) is 10.9 Å². The summed E-state index contributed by atoms with van der Waals surface area (Å²) in [4.78, 5) is 5.31. The Morgan fingerprint density at radius 1 is 1.22 bits per heavy atom. The van der Waals surface area contributed by atoms with Crippen LogP contribution in [0.4, 0.5) is 8.78 Å². The topological polar surface area (TPSA) is 54.9 Å². The van der Waals surface area contributed by atoms with E-state index in [2.05, 4.69) is 20.4 Å². The molecule has 0 aliphatic heterocycles. The number of guanidine groups is 1. The average molecular weight is 511 g/mol. The molecule has 1 heterocycles. The Kier molecular flexibility index (Phi) is 11.0. The van der Waals surface area contributed by atoms with Gasteiger partial charge in [0.25, 0.3) is 0 Å². The van der Waals surface area contributed by atoms with Gasteiger partial charge in [-0.05, 0) is 30.0 Å². The molecule has 2 rings (SSSR count). The molecule has 0 amide bonds. The minimum Gasteiger partial charge on any atom is -0.493 e. The first-order valence-corrected chi connectivity index (χ1v) is 9.17. The van der Waals surface area contributed by atoms with Gasteiger partial charge in [-0.2, -0.15) is 8.78 Å². The van der Waals surface area contributed by atoms with E-state index in [-0.39, 0.29) is 29.7 Å². The summed E-state index contributed by atoms with van der Waals surface area (Å²) in [5.41, 5.74) is 0.591. The van der Waals surface area contributed by atoms with Crippen molar-refractivity contribution in [1.29, 1.82) is 0 Å². The van der Waals surface area contributed by atoms with Crippen LogP contribution >= 0.6 is 35.3 Å². The van der Waals surface area contributed by atoms with Crippen LogP contribution in [-0.4, -0.2) is 26.2 Å². The van der Waals surface area contributed by atoms with Gasteiger partial charge in [0.05, 0.1) is 13.2 Å². The fourth-order valence-corrected chi connectivity index (χ4v) is 2.82. The lowest BCUT2D eigenvalue weighted by Crippen LogP contribution is -2.36. The van der Waals surface area contributed by atoms with Gasteiger partial charge in [-0.15, -0.1) is 35.3 Å². The van der Waals surface area contributed by atoms with Crippen LogP contribution in [0.5, 0.6) is 11.5 Å². The van der Waals surface area contributed by atoms with Gasteiger partial charge < -0.3 is 20.1 Å². The third kappa shape index (κ3) is 8.29. The number of aliphatic imine (C=N–C) groups is 1. The Labute approximate surface area is 179 Å². The summed E-state index contributed by atoms with van der Waals surface area (Å²) >= 11 is 1.64. The number of nitrogens with zero attached hydrogens (tertiary/aromatic N) is 1. The maximum atomic E-state index is 12.7. The number of hydrogen-bond acceptors (Lipinski definition) is 4. The van der Waals surface area contributed by atoms with Crippen LogP contribution in [0.1, 0.15) is 23.8 Å². The summed E-state index contributed by atoms with van der Waals surface area (Å²) < 4.78 is 35.5. The minimum absolute atomic E-state index is 0. The molecule has 9 heteroatoms. The van der Waals surface area contributed by atoms with Gasteiger partial charge in [0.1, 0.15) is 11.5 Å². The highest BCUT2D eigenvalue weighted by Gasteiger charge is 2.12. The summed E-state index contributed by atoms with van der Waals surface area (Å²) in [7, 11) is 1.65. The third-order valence-corrected chi connectivity index (χ3v) is 4.28. The molecule has 2 N–H and O–H groups in total. The smallest absolute Gasteiger partial charge is 0.387 e. The first-order chi connectivity index (χ1) is 12.6. The number of rotatable bonds is 9. The maximum absolute atomic E-state index is 12.7. The maximum Gasteiger partial charge on any atom is 0.387 e. The van der Waals surface area contributed by atoms with Gasteiger partial charge in [0, 0.05) is 30.1 Å². The van der Waals surface area contributed by atoms with Crippen molar-refractivity contribution in [2.75, 3.05) is 13.7 Å². The normalized spacial score (nSPS) is 11.1. The van der Waals surface area contributed by atoms with Gasteiger partial charge in [0.2, 0.25) is 0 Å². The van der Waals surface area contributed by atoms with Gasteiger partial charge in [0.15, 0.2) is 5.96 Å². The molecule has 27 heavy (non-hydrogen) atoms. The highest BCUT2D eigenvalue weighted by molar-refractivity contribution is 14.0. The zero-order chi connectivity index (χ0) is 18.8. The van der Waals surface area contributed by atoms with Crippen LogP contribution in [0, 0.1) is 0 Å². The number of thiophene rings is 1. The summed E-state index contributed by atoms with van der Waals surface area (Å²) in [6.45, 7) is 0.530. The second kappa shape index (κ2) is 12.7. The van der Waals surface area contributed by atoms with Crippen LogP contribution < -0.4 is 20.1 Å². The molecule has 1 aromatic carbocycles. The van der Waals surface area contributed by atoms with E-state index >= 15 is 0 Å². The van der Waals surface area contributed by atoms with Crippen LogP contribution in [0.2, 0.25) is 0 Å². The molecule has 0 aliphatic rings. The van der Waals surface area contributed by atoms with Crippen molar-refractivity contribution in [2.24, 2.45) is 4.99 Å². The lowest BCUT2D eigenvalue weighted by Gasteiger charge is -2.15. The van der Waals surface area contributed by atoms with Crippen molar-refractivity contribution < 1.29 is 18.3 Å². The molecule has 0 fully saturated rings. The SMILES string of the molecule is CCCOc1ccc(CNC(=NC)NCc2cccs2)c(OC(F)F)c1.I. The molecule has 0 spiro atoms. The van der Waals surface area contributed by atoms with Crippen LogP contribution in [-0.2, 0) is 13.1 Å². The van der Waals surface area contributed by atoms with E-state index < -0.39 is 6.61 Å². The number of ether oxygens (including phenoxy) is 2. The zero-order valence-electron chi connectivity index (χ0n) is 15.2. The van der Waals surface area contributed by atoms with Crippen molar-refractivity contribution in [1.82, 2.24) is 10.6 Å². The molecule has 0 bridgehead atoms. The van der Waals surface area contributed by atoms with Crippen molar-refractivity contribution in [3.05, 3.63) is 46.2 Å². The van der Waals surface area contributed by atoms with Gasteiger partial charge in [-0.3, -0.25) is 4.99 Å². The number of halogens is 3. The summed E-state index contributed by atoms with van der Waals surface area (Å²) in [5.74, 6) is 1.17. The summed E-state index contributed by atoms with van der Waals surface area (Å²) in [6, 6.07) is 8.94. The number of hydrogen-bond donors (Lipinski definition) is 2. The molecule has 150 valence electrons. The van der Waals surface area contributed by atoms with Gasteiger partial charge >= 0.3 is 6.61 Å².